The Kier molecular flexibility index (Phi) is 5.98. The van der Waals surface area contributed by atoms with Crippen molar-refractivity contribution < 1.29 is 14.3 Å². The Morgan fingerprint density at radius 3 is 2.58 bits per heavy atom. The summed E-state index contributed by atoms with van der Waals surface area (Å²) in [5.74, 6) is 0.996. The fourth-order valence-corrected chi connectivity index (χ4v) is 3.36. The fourth-order valence-electron chi connectivity index (χ4n) is 2.13. The van der Waals surface area contributed by atoms with Crippen LogP contribution in [0, 0.1) is 0 Å². The van der Waals surface area contributed by atoms with Gasteiger partial charge >= 0.3 is 0 Å². The van der Waals surface area contributed by atoms with E-state index in [2.05, 4.69) is 10.3 Å². The molecule has 1 heterocycles. The van der Waals surface area contributed by atoms with Crippen molar-refractivity contribution >= 4 is 45.6 Å². The third kappa shape index (κ3) is 4.66. The third-order valence-corrected chi connectivity index (χ3v) is 4.69. The van der Waals surface area contributed by atoms with E-state index in [0.29, 0.717) is 26.6 Å². The van der Waals surface area contributed by atoms with Crippen LogP contribution in [0.3, 0.4) is 0 Å². The Morgan fingerprint density at radius 2 is 1.88 bits per heavy atom. The summed E-state index contributed by atoms with van der Waals surface area (Å²) in [5.41, 5.74) is 1.42. The maximum Gasteiger partial charge on any atom is 0.264 e. The molecule has 0 saturated heterocycles. The molecule has 2 aromatic carbocycles. The molecule has 1 aromatic heterocycles. The Bertz CT molecular complexity index is 913. The highest BCUT2D eigenvalue weighted by atomic mass is 35.5. The fraction of sp³-hybridized carbons (Fsp3) is 0.111. The van der Waals surface area contributed by atoms with E-state index in [1.165, 1.54) is 11.3 Å². The molecule has 5 nitrogen and oxygen atoms in total. The van der Waals surface area contributed by atoms with Crippen molar-refractivity contribution in [1.82, 2.24) is 4.98 Å². The van der Waals surface area contributed by atoms with Gasteiger partial charge in [0.25, 0.3) is 5.91 Å². The highest BCUT2D eigenvalue weighted by Crippen LogP contribution is 2.32. The number of halogens is 2. The van der Waals surface area contributed by atoms with Gasteiger partial charge in [-0.25, -0.2) is 4.98 Å². The lowest BCUT2D eigenvalue weighted by atomic mass is 10.2. The van der Waals surface area contributed by atoms with E-state index in [4.69, 9.17) is 32.7 Å². The number of nitrogens with one attached hydrogen (secondary N) is 1. The molecule has 0 bridgehead atoms. The molecule has 0 aliphatic rings. The van der Waals surface area contributed by atoms with Crippen molar-refractivity contribution in [2.45, 2.75) is 0 Å². The number of carbonyl (C=O) groups is 1. The second-order valence-electron chi connectivity index (χ2n) is 5.17. The minimum absolute atomic E-state index is 0.122. The number of rotatable bonds is 6. The van der Waals surface area contributed by atoms with Gasteiger partial charge in [-0.3, -0.25) is 10.1 Å². The topological polar surface area (TPSA) is 60.5 Å². The second kappa shape index (κ2) is 8.40. The molecular formula is C18H14Cl2N2O3S. The molecule has 134 valence electrons. The number of aromatic nitrogens is 1. The third-order valence-electron chi connectivity index (χ3n) is 3.39. The lowest BCUT2D eigenvalue weighted by molar-refractivity contribution is -0.118. The molecule has 0 saturated carbocycles. The lowest BCUT2D eigenvalue weighted by Crippen LogP contribution is -2.20. The highest BCUT2D eigenvalue weighted by Gasteiger charge is 2.11. The number of amides is 1. The molecule has 26 heavy (non-hydrogen) atoms. The normalized spacial score (nSPS) is 10.4. The zero-order valence-corrected chi connectivity index (χ0v) is 16.0. The maximum atomic E-state index is 12.0. The molecule has 8 heteroatoms. The summed E-state index contributed by atoms with van der Waals surface area (Å²) in [6, 6.07) is 12.2. The molecule has 1 N–H and O–H groups in total. The van der Waals surface area contributed by atoms with Crippen LogP contribution in [0.4, 0.5) is 5.13 Å². The number of thiazole rings is 1. The first-order valence-corrected chi connectivity index (χ1v) is 9.16. The molecule has 0 unspecified atom stereocenters. The van der Waals surface area contributed by atoms with Gasteiger partial charge in [0, 0.05) is 16.0 Å². The van der Waals surface area contributed by atoms with E-state index in [-0.39, 0.29) is 12.5 Å². The lowest BCUT2D eigenvalue weighted by Gasteiger charge is -2.06. The number of carbonyl (C=O) groups excluding carboxylic acids is 1. The van der Waals surface area contributed by atoms with Crippen LogP contribution in [0.15, 0.2) is 47.8 Å². The minimum atomic E-state index is -0.302. The smallest absolute Gasteiger partial charge is 0.264 e. The van der Waals surface area contributed by atoms with Gasteiger partial charge in [0.15, 0.2) is 11.7 Å². The number of hydrogen-bond donors (Lipinski definition) is 1. The minimum Gasteiger partial charge on any atom is -0.497 e. The van der Waals surface area contributed by atoms with Crippen LogP contribution < -0.4 is 14.8 Å². The summed E-state index contributed by atoms with van der Waals surface area (Å²) in [7, 11) is 1.59. The molecule has 0 fully saturated rings. The van der Waals surface area contributed by atoms with Gasteiger partial charge in [-0.15, -0.1) is 11.3 Å². The zero-order chi connectivity index (χ0) is 18.5. The number of hydrogen-bond acceptors (Lipinski definition) is 5. The molecule has 1 amide bonds. The van der Waals surface area contributed by atoms with Crippen LogP contribution in [0.2, 0.25) is 10.0 Å². The number of benzene rings is 2. The monoisotopic (exact) mass is 408 g/mol. The number of methoxy groups -OCH3 is 1. The van der Waals surface area contributed by atoms with E-state index >= 15 is 0 Å². The molecule has 0 aliphatic carbocycles. The van der Waals surface area contributed by atoms with E-state index < -0.39 is 0 Å². The summed E-state index contributed by atoms with van der Waals surface area (Å²) >= 11 is 13.4. The average Bonchev–Trinajstić information content (AvgIpc) is 3.08. The van der Waals surface area contributed by atoms with Gasteiger partial charge in [0.05, 0.1) is 17.8 Å². The Hall–Kier alpha value is -2.28. The maximum absolute atomic E-state index is 12.0. The number of anilines is 1. The van der Waals surface area contributed by atoms with Gasteiger partial charge in [-0.05, 0) is 42.5 Å². The van der Waals surface area contributed by atoms with Crippen molar-refractivity contribution in [2.24, 2.45) is 0 Å². The average molecular weight is 409 g/mol. The molecule has 3 aromatic rings. The number of nitrogens with zero attached hydrogens (tertiary/aromatic N) is 1. The van der Waals surface area contributed by atoms with Gasteiger partial charge < -0.3 is 9.47 Å². The molecule has 3 rings (SSSR count). The predicted molar refractivity (Wildman–Crippen MR) is 105 cm³/mol. The first kappa shape index (κ1) is 18.5. The van der Waals surface area contributed by atoms with Crippen molar-refractivity contribution in [2.75, 3.05) is 19.0 Å². The van der Waals surface area contributed by atoms with Crippen molar-refractivity contribution in [3.05, 3.63) is 57.9 Å². The van der Waals surface area contributed by atoms with Gasteiger partial charge in [0.2, 0.25) is 0 Å². The van der Waals surface area contributed by atoms with E-state index in [0.717, 1.165) is 11.3 Å². The zero-order valence-electron chi connectivity index (χ0n) is 13.7. The highest BCUT2D eigenvalue weighted by molar-refractivity contribution is 7.14. The van der Waals surface area contributed by atoms with E-state index in [1.807, 2.05) is 5.38 Å². The van der Waals surface area contributed by atoms with Crippen LogP contribution in [0.25, 0.3) is 11.3 Å². The summed E-state index contributed by atoms with van der Waals surface area (Å²) in [6.07, 6.45) is 0. The first-order chi connectivity index (χ1) is 12.5. The summed E-state index contributed by atoms with van der Waals surface area (Å²) < 4.78 is 10.5. The number of ether oxygens (including phenoxy) is 2. The van der Waals surface area contributed by atoms with Crippen molar-refractivity contribution in [1.29, 1.82) is 0 Å². The molecule has 0 aliphatic heterocycles. The Labute approximate surface area is 164 Å². The quantitative estimate of drug-likeness (QED) is 0.612. The van der Waals surface area contributed by atoms with Crippen molar-refractivity contribution in [3.8, 4) is 22.8 Å². The Balaban J connectivity index is 1.58. The Morgan fingerprint density at radius 1 is 1.15 bits per heavy atom. The summed E-state index contributed by atoms with van der Waals surface area (Å²) in [4.78, 5) is 16.4. The largest absolute Gasteiger partial charge is 0.497 e. The SMILES string of the molecule is COc1ccc(OCC(=O)Nc2nc(-c3ccc(Cl)cc3Cl)cs2)cc1. The molecule has 0 radical (unpaired) electrons. The van der Waals surface area contributed by atoms with Crippen LogP contribution in [-0.2, 0) is 4.79 Å². The van der Waals surface area contributed by atoms with Crippen molar-refractivity contribution in [3.63, 3.8) is 0 Å². The van der Waals surface area contributed by atoms with Gasteiger partial charge in [-0.2, -0.15) is 0 Å². The summed E-state index contributed by atoms with van der Waals surface area (Å²) in [5, 5.41) is 6.04. The van der Waals surface area contributed by atoms with E-state index in [9.17, 15) is 4.79 Å². The molecule has 0 spiro atoms. The standard InChI is InChI=1S/C18H14Cl2N2O3S/c1-24-12-3-5-13(6-4-12)25-9-17(23)22-18-21-16(10-26-18)14-7-2-11(19)8-15(14)20/h2-8,10H,9H2,1H3,(H,21,22,23). The van der Waals surface area contributed by atoms with Crippen LogP contribution in [0.5, 0.6) is 11.5 Å². The summed E-state index contributed by atoms with van der Waals surface area (Å²) in [6.45, 7) is -0.122. The van der Waals surface area contributed by atoms with E-state index in [1.54, 1.807) is 49.6 Å². The predicted octanol–water partition coefficient (Wildman–Crippen LogP) is 5.14. The van der Waals surface area contributed by atoms with Crippen LogP contribution >= 0.6 is 34.5 Å². The van der Waals surface area contributed by atoms with Crippen LogP contribution in [0.1, 0.15) is 0 Å². The molecule has 0 atom stereocenters. The van der Waals surface area contributed by atoms with Gasteiger partial charge in [0.1, 0.15) is 11.5 Å². The first-order valence-electron chi connectivity index (χ1n) is 7.53. The van der Waals surface area contributed by atoms with Gasteiger partial charge in [-0.1, -0.05) is 23.2 Å². The molecular weight excluding hydrogens is 395 g/mol. The van der Waals surface area contributed by atoms with Crippen LogP contribution in [-0.4, -0.2) is 24.6 Å². The second-order valence-corrected chi connectivity index (χ2v) is 6.88.